The van der Waals surface area contributed by atoms with Crippen LogP contribution in [0, 0.1) is 0 Å². The second-order valence-electron chi connectivity index (χ2n) is 7.02. The molecule has 2 heterocycles. The van der Waals surface area contributed by atoms with Crippen LogP contribution in [0.3, 0.4) is 0 Å². The fraction of sp³-hybridized carbons (Fsp3) is 0.130. The fourth-order valence-electron chi connectivity index (χ4n) is 3.51. The third kappa shape index (κ3) is 3.72. The minimum atomic E-state index is -4.48. The molecule has 0 radical (unpaired) electrons. The zero-order chi connectivity index (χ0) is 21.4. The Labute approximate surface area is 175 Å². The van der Waals surface area contributed by atoms with Crippen molar-refractivity contribution in [2.45, 2.75) is 12.7 Å². The molecule has 1 aliphatic rings. The summed E-state index contributed by atoms with van der Waals surface area (Å²) in [6.07, 6.45) is -2.93. The molecule has 0 bridgehead atoms. The van der Waals surface area contributed by atoms with E-state index in [4.69, 9.17) is 9.47 Å². The summed E-state index contributed by atoms with van der Waals surface area (Å²) in [5, 5.41) is 4.05. The molecule has 0 saturated carbocycles. The monoisotopic (exact) mass is 423 g/mol. The summed E-state index contributed by atoms with van der Waals surface area (Å²) in [5.41, 5.74) is 1.53. The van der Waals surface area contributed by atoms with Gasteiger partial charge in [-0.25, -0.2) is 9.97 Å². The van der Waals surface area contributed by atoms with Gasteiger partial charge in [-0.2, -0.15) is 13.2 Å². The molecule has 0 unspecified atom stereocenters. The molecule has 1 N–H and O–H groups in total. The number of ether oxygens (including phenoxy) is 2. The van der Waals surface area contributed by atoms with E-state index < -0.39 is 11.7 Å². The van der Waals surface area contributed by atoms with Gasteiger partial charge in [-0.05, 0) is 35.9 Å². The molecular formula is C23H16F3N3O2. The van der Waals surface area contributed by atoms with Gasteiger partial charge >= 0.3 is 6.18 Å². The van der Waals surface area contributed by atoms with Gasteiger partial charge in [0.2, 0.25) is 6.79 Å². The first-order valence-electron chi connectivity index (χ1n) is 9.54. The molecule has 31 heavy (non-hydrogen) atoms. The number of rotatable bonds is 4. The molecule has 0 fully saturated rings. The first kappa shape index (κ1) is 19.2. The molecule has 8 heteroatoms. The van der Waals surface area contributed by atoms with Crippen molar-refractivity contribution in [1.82, 2.24) is 9.97 Å². The van der Waals surface area contributed by atoms with Gasteiger partial charge < -0.3 is 14.8 Å². The van der Waals surface area contributed by atoms with Crippen LogP contribution in [0.4, 0.5) is 18.9 Å². The lowest BCUT2D eigenvalue weighted by atomic mass is 10.1. The zero-order valence-corrected chi connectivity index (χ0v) is 16.1. The first-order valence-corrected chi connectivity index (χ1v) is 9.54. The highest BCUT2D eigenvalue weighted by atomic mass is 19.4. The molecule has 0 saturated heterocycles. The average Bonchev–Trinajstić information content (AvgIpc) is 3.24. The van der Waals surface area contributed by atoms with Crippen LogP contribution in [0.2, 0.25) is 0 Å². The van der Waals surface area contributed by atoms with E-state index in [-0.39, 0.29) is 18.2 Å². The van der Waals surface area contributed by atoms with Crippen LogP contribution in [0.1, 0.15) is 11.1 Å². The molecule has 5 nitrogen and oxygen atoms in total. The average molecular weight is 423 g/mol. The van der Waals surface area contributed by atoms with Gasteiger partial charge in [0.15, 0.2) is 17.3 Å². The maximum Gasteiger partial charge on any atom is 0.417 e. The number of anilines is 1. The second-order valence-corrected chi connectivity index (χ2v) is 7.02. The Kier molecular flexibility index (Phi) is 4.62. The van der Waals surface area contributed by atoms with Gasteiger partial charge in [-0.1, -0.05) is 30.3 Å². The fourth-order valence-corrected chi connectivity index (χ4v) is 3.51. The quantitative estimate of drug-likeness (QED) is 0.459. The first-order chi connectivity index (χ1) is 15.0. The topological polar surface area (TPSA) is 56.3 Å². The van der Waals surface area contributed by atoms with Crippen molar-refractivity contribution in [1.29, 1.82) is 0 Å². The summed E-state index contributed by atoms with van der Waals surface area (Å²) < 4.78 is 50.8. The summed E-state index contributed by atoms with van der Waals surface area (Å²) in [5.74, 6) is 1.45. The Morgan fingerprint density at radius 2 is 1.77 bits per heavy atom. The van der Waals surface area contributed by atoms with Gasteiger partial charge in [-0.15, -0.1) is 0 Å². The van der Waals surface area contributed by atoms with Gasteiger partial charge in [0.25, 0.3) is 0 Å². The molecule has 1 aliphatic heterocycles. The smallest absolute Gasteiger partial charge is 0.417 e. The van der Waals surface area contributed by atoms with Crippen molar-refractivity contribution in [3.05, 3.63) is 78.0 Å². The molecule has 0 spiro atoms. The zero-order valence-electron chi connectivity index (χ0n) is 16.1. The number of nitrogens with one attached hydrogen (secondary N) is 1. The van der Waals surface area contributed by atoms with Crippen LogP contribution < -0.4 is 14.8 Å². The molecule has 0 atom stereocenters. The van der Waals surface area contributed by atoms with Gasteiger partial charge in [-0.3, -0.25) is 0 Å². The van der Waals surface area contributed by atoms with Crippen LogP contribution in [0.25, 0.3) is 22.3 Å². The summed E-state index contributed by atoms with van der Waals surface area (Å²) in [6, 6.07) is 16.4. The molecule has 1 aromatic heterocycles. The number of hydrogen-bond donors (Lipinski definition) is 1. The maximum absolute atomic E-state index is 13.4. The Balaban J connectivity index is 1.45. The van der Waals surface area contributed by atoms with Crippen molar-refractivity contribution in [3.8, 4) is 22.9 Å². The van der Waals surface area contributed by atoms with Crippen molar-refractivity contribution >= 4 is 16.6 Å². The minimum absolute atomic E-state index is 0.0355. The highest BCUT2D eigenvalue weighted by Gasteiger charge is 2.34. The van der Waals surface area contributed by atoms with Gasteiger partial charge in [0.05, 0.1) is 11.1 Å². The van der Waals surface area contributed by atoms with Crippen molar-refractivity contribution < 1.29 is 22.6 Å². The standard InChI is InChI=1S/C23H16F3N3O2/c24-23(25,26)17-5-2-1-4-15(17)22-28-12-16-18(6-3-7-19(16)29-22)27-11-14-8-9-20-21(10-14)31-13-30-20/h1-10,12,27H,11,13H2. The second kappa shape index (κ2) is 7.46. The van der Waals surface area contributed by atoms with E-state index in [1.807, 2.05) is 24.3 Å². The van der Waals surface area contributed by atoms with Gasteiger partial charge in [0.1, 0.15) is 0 Å². The van der Waals surface area contributed by atoms with E-state index in [9.17, 15) is 13.2 Å². The normalized spacial score (nSPS) is 12.9. The third-order valence-electron chi connectivity index (χ3n) is 5.02. The Morgan fingerprint density at radius 3 is 2.65 bits per heavy atom. The number of aromatic nitrogens is 2. The van der Waals surface area contributed by atoms with E-state index in [0.717, 1.165) is 22.7 Å². The van der Waals surface area contributed by atoms with Gasteiger partial charge in [0, 0.05) is 29.4 Å². The molecule has 156 valence electrons. The molecular weight excluding hydrogens is 407 g/mol. The van der Waals surface area contributed by atoms with E-state index >= 15 is 0 Å². The summed E-state index contributed by atoms with van der Waals surface area (Å²) in [7, 11) is 0. The van der Waals surface area contributed by atoms with E-state index in [2.05, 4.69) is 15.3 Å². The predicted octanol–water partition coefficient (Wildman–Crippen LogP) is 5.66. The Morgan fingerprint density at radius 1 is 0.935 bits per heavy atom. The molecule has 0 amide bonds. The van der Waals surface area contributed by atoms with E-state index in [0.29, 0.717) is 23.6 Å². The van der Waals surface area contributed by atoms with Crippen LogP contribution in [0.15, 0.2) is 66.9 Å². The lowest BCUT2D eigenvalue weighted by molar-refractivity contribution is -0.137. The lowest BCUT2D eigenvalue weighted by Crippen LogP contribution is -2.08. The number of alkyl halides is 3. The lowest BCUT2D eigenvalue weighted by Gasteiger charge is -2.13. The van der Waals surface area contributed by atoms with Crippen LogP contribution in [0.5, 0.6) is 11.5 Å². The van der Waals surface area contributed by atoms with Crippen LogP contribution in [-0.2, 0) is 12.7 Å². The van der Waals surface area contributed by atoms with Crippen LogP contribution in [-0.4, -0.2) is 16.8 Å². The SMILES string of the molecule is FC(F)(F)c1ccccc1-c1ncc2c(NCc3ccc4c(c3)OCO4)cccc2n1. The van der Waals surface area contributed by atoms with Crippen LogP contribution >= 0.6 is 0 Å². The molecule has 0 aliphatic carbocycles. The van der Waals surface area contributed by atoms with E-state index in [1.165, 1.54) is 12.1 Å². The minimum Gasteiger partial charge on any atom is -0.454 e. The molecule has 4 aromatic rings. The summed E-state index contributed by atoms with van der Waals surface area (Å²) >= 11 is 0. The summed E-state index contributed by atoms with van der Waals surface area (Å²) in [4.78, 5) is 8.62. The van der Waals surface area contributed by atoms with Crippen molar-refractivity contribution in [2.75, 3.05) is 12.1 Å². The highest BCUT2D eigenvalue weighted by Crippen LogP contribution is 2.36. The van der Waals surface area contributed by atoms with Crippen molar-refractivity contribution in [3.63, 3.8) is 0 Å². The predicted molar refractivity (Wildman–Crippen MR) is 110 cm³/mol. The number of nitrogens with zero attached hydrogens (tertiary/aromatic N) is 2. The van der Waals surface area contributed by atoms with Crippen molar-refractivity contribution in [2.24, 2.45) is 0 Å². The summed E-state index contributed by atoms with van der Waals surface area (Å²) in [6.45, 7) is 0.737. The highest BCUT2D eigenvalue weighted by molar-refractivity contribution is 5.91. The molecule has 5 rings (SSSR count). The molecule has 3 aromatic carbocycles. The Hall–Kier alpha value is -3.81. The van der Waals surface area contributed by atoms with E-state index in [1.54, 1.807) is 24.4 Å². The largest absolute Gasteiger partial charge is 0.454 e. The maximum atomic E-state index is 13.4. The Bertz CT molecular complexity index is 1270. The number of benzene rings is 3. The number of fused-ring (bicyclic) bond motifs is 2. The third-order valence-corrected chi connectivity index (χ3v) is 5.02. The number of hydrogen-bond acceptors (Lipinski definition) is 5. The number of halogens is 3.